The highest BCUT2D eigenvalue weighted by atomic mass is 32.2. The molecule has 1 amide bonds. The van der Waals surface area contributed by atoms with Gasteiger partial charge in [-0.05, 0) is 60.0 Å². The fourth-order valence-corrected chi connectivity index (χ4v) is 5.81. The van der Waals surface area contributed by atoms with E-state index in [1.165, 1.54) is 24.1 Å². The number of hydrogen-bond acceptors (Lipinski definition) is 8. The van der Waals surface area contributed by atoms with Crippen molar-refractivity contribution in [1.29, 1.82) is 0 Å². The van der Waals surface area contributed by atoms with Crippen molar-refractivity contribution in [3.8, 4) is 27.4 Å². The lowest BCUT2D eigenvalue weighted by Crippen LogP contribution is -2.24. The highest BCUT2D eigenvalue weighted by Crippen LogP contribution is 2.40. The number of aromatic nitrogens is 3. The lowest BCUT2D eigenvalue weighted by molar-refractivity contribution is 0.0946. The first-order chi connectivity index (χ1) is 17.6. The molecule has 0 aliphatic carbocycles. The van der Waals surface area contributed by atoms with E-state index in [-0.39, 0.29) is 12.1 Å². The van der Waals surface area contributed by atoms with E-state index in [1.807, 2.05) is 24.3 Å². The second kappa shape index (κ2) is 9.21. The fourth-order valence-electron chi connectivity index (χ4n) is 4.00. The van der Waals surface area contributed by atoms with Crippen molar-refractivity contribution in [2.75, 3.05) is 11.8 Å². The van der Waals surface area contributed by atoms with E-state index in [4.69, 9.17) is 4.74 Å². The van der Waals surface area contributed by atoms with Crippen LogP contribution in [0, 0.1) is 5.82 Å². The van der Waals surface area contributed by atoms with Crippen LogP contribution in [0.3, 0.4) is 0 Å². The van der Waals surface area contributed by atoms with Crippen LogP contribution in [0.1, 0.15) is 15.9 Å². The van der Waals surface area contributed by atoms with Gasteiger partial charge in [-0.25, -0.2) is 9.37 Å². The first kappa shape index (κ1) is 22.4. The van der Waals surface area contributed by atoms with E-state index in [9.17, 15) is 9.18 Å². The Kier molecular flexibility index (Phi) is 5.74. The van der Waals surface area contributed by atoms with Crippen molar-refractivity contribution in [3.05, 3.63) is 84.2 Å². The maximum absolute atomic E-state index is 14.5. The molecule has 8 bridgehead atoms. The molecule has 0 fully saturated rings. The molecule has 0 unspecified atom stereocenters. The molecule has 5 aromatic rings. The Bertz CT molecular complexity index is 1640. The summed E-state index contributed by atoms with van der Waals surface area (Å²) < 4.78 is 24.2. The van der Waals surface area contributed by atoms with Crippen molar-refractivity contribution in [1.82, 2.24) is 20.3 Å². The van der Waals surface area contributed by atoms with Gasteiger partial charge in [-0.1, -0.05) is 0 Å². The Morgan fingerprint density at radius 3 is 2.81 bits per heavy atom. The lowest BCUT2D eigenvalue weighted by atomic mass is 10.1. The third-order valence-corrected chi connectivity index (χ3v) is 7.78. The first-order valence-electron chi connectivity index (χ1n) is 11.0. The van der Waals surface area contributed by atoms with Crippen LogP contribution in [-0.4, -0.2) is 28.0 Å². The SMILES string of the molecule is COc1ncc2cc1NSc1ccc(F)c(c1)C(=O)NCc1cncc(c1)-c1ccnc3cc-2sc13. The molecule has 0 saturated heterocycles. The molecule has 1 aromatic carbocycles. The van der Waals surface area contributed by atoms with Gasteiger partial charge in [0.2, 0.25) is 5.88 Å². The van der Waals surface area contributed by atoms with Gasteiger partial charge >= 0.3 is 0 Å². The number of pyridine rings is 3. The molecule has 2 N–H and O–H groups in total. The summed E-state index contributed by atoms with van der Waals surface area (Å²) in [7, 11) is 1.55. The molecule has 178 valence electrons. The lowest BCUT2D eigenvalue weighted by Gasteiger charge is -2.12. The summed E-state index contributed by atoms with van der Waals surface area (Å²) in [5, 5.41) is 2.81. The number of nitrogens with zero attached hydrogens (tertiary/aromatic N) is 3. The number of hydrogen-bond donors (Lipinski definition) is 2. The number of carbonyl (C=O) groups is 1. The number of fused-ring (bicyclic) bond motifs is 9. The predicted molar refractivity (Wildman–Crippen MR) is 140 cm³/mol. The van der Waals surface area contributed by atoms with Gasteiger partial charge in [-0.2, -0.15) is 0 Å². The molecular weight excluding hydrogens is 497 g/mol. The molecule has 10 heteroatoms. The molecule has 0 saturated carbocycles. The van der Waals surface area contributed by atoms with Gasteiger partial charge < -0.3 is 14.8 Å². The van der Waals surface area contributed by atoms with Gasteiger partial charge in [0.15, 0.2) is 0 Å². The Labute approximate surface area is 213 Å². The van der Waals surface area contributed by atoms with Crippen molar-refractivity contribution in [2.24, 2.45) is 0 Å². The summed E-state index contributed by atoms with van der Waals surface area (Å²) in [6.07, 6.45) is 7.02. The third-order valence-electron chi connectivity index (χ3n) is 5.76. The molecular formula is C26H18FN5O2S2. The molecule has 1 aliphatic heterocycles. The molecule has 5 heterocycles. The van der Waals surface area contributed by atoms with E-state index in [0.29, 0.717) is 16.5 Å². The van der Waals surface area contributed by atoms with E-state index in [0.717, 1.165) is 37.3 Å². The number of benzene rings is 1. The standard InChI is InChI=1S/C26H18FN5O2S2/c1-34-26-22-7-16(13-31-26)23-9-21-24(35-23)18(4-5-29-21)15-6-14(10-28-12-15)11-30-25(33)19-8-17(36-32-22)2-3-20(19)27/h2-10,12-13,32H,11H2,1H3,(H,30,33). The minimum Gasteiger partial charge on any atom is -0.480 e. The Hall–Kier alpha value is -4.02. The summed E-state index contributed by atoms with van der Waals surface area (Å²) >= 11 is 2.86. The van der Waals surface area contributed by atoms with Crippen molar-refractivity contribution < 1.29 is 13.9 Å². The predicted octanol–water partition coefficient (Wildman–Crippen LogP) is 5.93. The highest BCUT2D eigenvalue weighted by molar-refractivity contribution is 8.00. The summed E-state index contributed by atoms with van der Waals surface area (Å²) in [6, 6.07) is 12.3. The van der Waals surface area contributed by atoms with Crippen LogP contribution in [-0.2, 0) is 6.54 Å². The molecule has 0 atom stereocenters. The van der Waals surface area contributed by atoms with Gasteiger partial charge in [0, 0.05) is 57.8 Å². The summed E-state index contributed by atoms with van der Waals surface area (Å²) in [5.41, 5.74) is 5.09. The van der Waals surface area contributed by atoms with Gasteiger partial charge in [0.25, 0.3) is 5.91 Å². The number of ether oxygens (including phenoxy) is 1. The zero-order valence-electron chi connectivity index (χ0n) is 18.9. The van der Waals surface area contributed by atoms with E-state index in [1.54, 1.807) is 49.3 Å². The monoisotopic (exact) mass is 515 g/mol. The second-order valence-corrected chi connectivity index (χ2v) is 10.0. The van der Waals surface area contributed by atoms with Crippen LogP contribution in [0.15, 0.2) is 72.1 Å². The first-order valence-corrected chi connectivity index (χ1v) is 12.6. The number of amides is 1. The van der Waals surface area contributed by atoms with Gasteiger partial charge in [0.1, 0.15) is 11.5 Å². The zero-order valence-corrected chi connectivity index (χ0v) is 20.5. The molecule has 6 rings (SSSR count). The summed E-state index contributed by atoms with van der Waals surface area (Å²) in [4.78, 5) is 27.9. The topological polar surface area (TPSA) is 89.0 Å². The van der Waals surface area contributed by atoms with Crippen LogP contribution in [0.5, 0.6) is 5.88 Å². The van der Waals surface area contributed by atoms with Crippen molar-refractivity contribution in [2.45, 2.75) is 11.4 Å². The number of methoxy groups -OCH3 is 1. The number of carbonyl (C=O) groups excluding carboxylic acids is 1. The average Bonchev–Trinajstić information content (AvgIpc) is 3.35. The number of nitrogens with one attached hydrogen (secondary N) is 2. The van der Waals surface area contributed by atoms with Gasteiger partial charge in [-0.3, -0.25) is 14.8 Å². The zero-order chi connectivity index (χ0) is 24.6. The molecule has 36 heavy (non-hydrogen) atoms. The number of halogens is 1. The quantitative estimate of drug-likeness (QED) is 0.268. The molecule has 4 aromatic heterocycles. The number of thiophene rings is 1. The van der Waals surface area contributed by atoms with E-state index in [2.05, 4.69) is 25.0 Å². The average molecular weight is 516 g/mol. The normalized spacial score (nSPS) is 13.0. The largest absolute Gasteiger partial charge is 0.480 e. The molecule has 1 aliphatic rings. The minimum atomic E-state index is -0.592. The molecule has 0 radical (unpaired) electrons. The summed E-state index contributed by atoms with van der Waals surface area (Å²) in [6.45, 7) is 0.214. The second-order valence-electron chi connectivity index (χ2n) is 8.07. The van der Waals surface area contributed by atoms with Crippen LogP contribution in [0.25, 0.3) is 31.8 Å². The van der Waals surface area contributed by atoms with Crippen LogP contribution in [0.4, 0.5) is 10.1 Å². The Morgan fingerprint density at radius 1 is 1.00 bits per heavy atom. The van der Waals surface area contributed by atoms with Gasteiger partial charge in [-0.15, -0.1) is 11.3 Å². The molecule has 0 spiro atoms. The van der Waals surface area contributed by atoms with Crippen LogP contribution in [0.2, 0.25) is 0 Å². The van der Waals surface area contributed by atoms with Crippen LogP contribution < -0.4 is 14.8 Å². The molecule has 7 nitrogen and oxygen atoms in total. The Balaban J connectivity index is 1.53. The van der Waals surface area contributed by atoms with E-state index >= 15 is 0 Å². The highest BCUT2D eigenvalue weighted by Gasteiger charge is 2.17. The maximum Gasteiger partial charge on any atom is 0.254 e. The van der Waals surface area contributed by atoms with Crippen molar-refractivity contribution >= 4 is 45.1 Å². The van der Waals surface area contributed by atoms with Gasteiger partial charge in [0.05, 0.1) is 22.9 Å². The van der Waals surface area contributed by atoms with Crippen LogP contribution >= 0.6 is 23.3 Å². The minimum absolute atomic E-state index is 0.0357. The smallest absolute Gasteiger partial charge is 0.254 e. The third kappa shape index (κ3) is 4.14. The Morgan fingerprint density at radius 2 is 1.92 bits per heavy atom. The number of rotatable bonds is 1. The maximum atomic E-state index is 14.5. The summed E-state index contributed by atoms with van der Waals surface area (Å²) in [5.74, 6) is -0.675. The van der Waals surface area contributed by atoms with E-state index < -0.39 is 11.7 Å². The van der Waals surface area contributed by atoms with Crippen molar-refractivity contribution in [3.63, 3.8) is 0 Å². The fraction of sp³-hybridized carbons (Fsp3) is 0.0769. The number of anilines is 1.